The van der Waals surface area contributed by atoms with Gasteiger partial charge in [-0.05, 0) is 12.1 Å². The zero-order valence-corrected chi connectivity index (χ0v) is 7.47. The second kappa shape index (κ2) is 3.97. The Bertz CT molecular complexity index is 347. The highest BCUT2D eigenvalue weighted by molar-refractivity contribution is 5.75. The predicted octanol–water partition coefficient (Wildman–Crippen LogP) is 0.519. The molecule has 3 N–H and O–H groups in total. The molecule has 0 aliphatic heterocycles. The molecule has 0 heterocycles. The van der Waals surface area contributed by atoms with Crippen molar-refractivity contribution >= 4 is 5.97 Å². The maximum absolute atomic E-state index is 10.4. The highest BCUT2D eigenvalue weighted by atomic mass is 16.5. The molecule has 1 unspecified atom stereocenters. The van der Waals surface area contributed by atoms with Crippen LogP contribution in [0.15, 0.2) is 18.2 Å². The van der Waals surface area contributed by atoms with Crippen LogP contribution in [0.1, 0.15) is 11.7 Å². The van der Waals surface area contributed by atoms with Crippen LogP contribution in [-0.2, 0) is 4.79 Å². The van der Waals surface area contributed by atoms with E-state index in [1.165, 1.54) is 25.3 Å². The molecule has 1 aromatic carbocycles. The predicted molar refractivity (Wildman–Crippen MR) is 47.3 cm³/mol. The molecule has 0 fully saturated rings. The Kier molecular flexibility index (Phi) is 2.93. The van der Waals surface area contributed by atoms with Crippen molar-refractivity contribution in [2.45, 2.75) is 6.10 Å². The maximum atomic E-state index is 10.4. The van der Waals surface area contributed by atoms with Gasteiger partial charge in [-0.25, -0.2) is 4.79 Å². The molecule has 0 amide bonds. The largest absolute Gasteiger partial charge is 0.507 e. The molecule has 0 saturated carbocycles. The lowest BCUT2D eigenvalue weighted by Gasteiger charge is -2.09. The maximum Gasteiger partial charge on any atom is 0.337 e. The molecule has 1 atom stereocenters. The Hall–Kier alpha value is -1.75. The number of hydrogen-bond acceptors (Lipinski definition) is 4. The van der Waals surface area contributed by atoms with E-state index in [2.05, 4.69) is 0 Å². The second-order valence-electron chi connectivity index (χ2n) is 2.67. The molecule has 5 nitrogen and oxygen atoms in total. The molecule has 14 heavy (non-hydrogen) atoms. The summed E-state index contributed by atoms with van der Waals surface area (Å²) in [6.45, 7) is 0. The Labute approximate surface area is 80.2 Å². The smallest absolute Gasteiger partial charge is 0.337 e. The number of ether oxygens (including phenoxy) is 1. The third-order valence-electron chi connectivity index (χ3n) is 1.77. The third-order valence-corrected chi connectivity index (χ3v) is 1.77. The molecule has 0 bridgehead atoms. The molecule has 1 aromatic rings. The molecule has 0 saturated heterocycles. The highest BCUT2D eigenvalue weighted by Crippen LogP contribution is 2.28. The zero-order chi connectivity index (χ0) is 10.7. The van der Waals surface area contributed by atoms with Crippen molar-refractivity contribution in [3.05, 3.63) is 23.8 Å². The molecule has 0 aromatic heterocycles. The average molecular weight is 198 g/mol. The van der Waals surface area contributed by atoms with E-state index in [-0.39, 0.29) is 11.3 Å². The first kappa shape index (κ1) is 10.3. The first-order valence-corrected chi connectivity index (χ1v) is 3.84. The van der Waals surface area contributed by atoms with Gasteiger partial charge in [0.15, 0.2) is 6.10 Å². The van der Waals surface area contributed by atoms with Crippen molar-refractivity contribution in [1.82, 2.24) is 0 Å². The van der Waals surface area contributed by atoms with E-state index in [1.54, 1.807) is 0 Å². The van der Waals surface area contributed by atoms with Gasteiger partial charge in [-0.3, -0.25) is 0 Å². The number of rotatable bonds is 3. The van der Waals surface area contributed by atoms with Crippen molar-refractivity contribution in [3.63, 3.8) is 0 Å². The van der Waals surface area contributed by atoms with Crippen LogP contribution < -0.4 is 4.74 Å². The number of carboxylic acid groups (broad SMARTS) is 1. The van der Waals surface area contributed by atoms with Gasteiger partial charge >= 0.3 is 5.97 Å². The summed E-state index contributed by atoms with van der Waals surface area (Å²) in [6, 6.07) is 4.00. The number of phenolic OH excluding ortho intramolecular Hbond substituents is 1. The molecule has 0 aliphatic carbocycles. The van der Waals surface area contributed by atoms with Gasteiger partial charge in [-0.1, -0.05) is 0 Å². The number of aliphatic hydroxyl groups is 1. The number of carbonyl (C=O) groups is 1. The van der Waals surface area contributed by atoms with E-state index in [4.69, 9.17) is 14.9 Å². The average Bonchev–Trinajstić information content (AvgIpc) is 2.16. The topological polar surface area (TPSA) is 87.0 Å². The standard InChI is InChI=1S/C9H10O5/c1-14-5-2-3-6(7(10)4-5)8(11)9(12)13/h2-4,8,10-11H,1H3,(H,12,13). The highest BCUT2D eigenvalue weighted by Gasteiger charge is 2.19. The second-order valence-corrected chi connectivity index (χ2v) is 2.67. The van der Waals surface area contributed by atoms with Gasteiger partial charge in [0.25, 0.3) is 0 Å². The van der Waals surface area contributed by atoms with Gasteiger partial charge < -0.3 is 20.1 Å². The molecular formula is C9H10O5. The van der Waals surface area contributed by atoms with Gasteiger partial charge in [0.2, 0.25) is 0 Å². The number of carboxylic acids is 1. The fourth-order valence-corrected chi connectivity index (χ4v) is 1.01. The van der Waals surface area contributed by atoms with Crippen LogP contribution >= 0.6 is 0 Å². The number of phenols is 1. The monoisotopic (exact) mass is 198 g/mol. The first-order valence-electron chi connectivity index (χ1n) is 3.84. The van der Waals surface area contributed by atoms with Crippen LogP contribution in [0, 0.1) is 0 Å². The molecule has 5 heteroatoms. The van der Waals surface area contributed by atoms with Gasteiger partial charge in [0.1, 0.15) is 11.5 Å². The van der Waals surface area contributed by atoms with E-state index in [0.29, 0.717) is 5.75 Å². The van der Waals surface area contributed by atoms with Crippen molar-refractivity contribution in [2.75, 3.05) is 7.11 Å². The number of aliphatic hydroxyl groups excluding tert-OH is 1. The zero-order valence-electron chi connectivity index (χ0n) is 7.47. The summed E-state index contributed by atoms with van der Waals surface area (Å²) < 4.78 is 4.80. The summed E-state index contributed by atoms with van der Waals surface area (Å²) in [5.41, 5.74) is -0.0571. The van der Waals surface area contributed by atoms with E-state index in [1.807, 2.05) is 0 Å². The Morgan fingerprint density at radius 1 is 1.50 bits per heavy atom. The van der Waals surface area contributed by atoms with E-state index >= 15 is 0 Å². The lowest BCUT2D eigenvalue weighted by molar-refractivity contribution is -0.147. The Morgan fingerprint density at radius 3 is 2.57 bits per heavy atom. The van der Waals surface area contributed by atoms with Crippen LogP contribution in [0.5, 0.6) is 11.5 Å². The van der Waals surface area contributed by atoms with E-state index in [9.17, 15) is 9.90 Å². The summed E-state index contributed by atoms with van der Waals surface area (Å²) in [4.78, 5) is 10.4. The van der Waals surface area contributed by atoms with Crippen LogP contribution in [-0.4, -0.2) is 28.4 Å². The Morgan fingerprint density at radius 2 is 2.14 bits per heavy atom. The molecule has 0 radical (unpaired) electrons. The van der Waals surface area contributed by atoms with Crippen LogP contribution in [0.25, 0.3) is 0 Å². The van der Waals surface area contributed by atoms with E-state index in [0.717, 1.165) is 0 Å². The van der Waals surface area contributed by atoms with Crippen molar-refractivity contribution in [2.24, 2.45) is 0 Å². The molecule has 76 valence electrons. The lowest BCUT2D eigenvalue weighted by atomic mass is 10.1. The lowest BCUT2D eigenvalue weighted by Crippen LogP contribution is -2.10. The number of aromatic hydroxyl groups is 1. The van der Waals surface area contributed by atoms with Crippen LogP contribution in [0.4, 0.5) is 0 Å². The van der Waals surface area contributed by atoms with Gasteiger partial charge in [-0.15, -0.1) is 0 Å². The molecule has 0 spiro atoms. The summed E-state index contributed by atoms with van der Waals surface area (Å²) >= 11 is 0. The molecule has 0 aliphatic rings. The minimum absolute atomic E-state index is 0.0571. The van der Waals surface area contributed by atoms with Crippen molar-refractivity contribution in [3.8, 4) is 11.5 Å². The summed E-state index contributed by atoms with van der Waals surface area (Å²) in [7, 11) is 1.42. The quantitative estimate of drug-likeness (QED) is 0.659. The number of methoxy groups -OCH3 is 1. The van der Waals surface area contributed by atoms with Crippen molar-refractivity contribution < 1.29 is 24.9 Å². The Balaban J connectivity index is 3.05. The number of benzene rings is 1. The summed E-state index contributed by atoms with van der Waals surface area (Å²) in [5, 5.41) is 27.0. The number of aliphatic carboxylic acids is 1. The summed E-state index contributed by atoms with van der Waals surface area (Å²) in [5.74, 6) is -1.33. The summed E-state index contributed by atoms with van der Waals surface area (Å²) in [6.07, 6.45) is -1.72. The van der Waals surface area contributed by atoms with Crippen LogP contribution in [0.3, 0.4) is 0 Å². The third kappa shape index (κ3) is 1.94. The first-order chi connectivity index (χ1) is 6.56. The normalized spacial score (nSPS) is 12.1. The van der Waals surface area contributed by atoms with Gasteiger partial charge in [0, 0.05) is 11.6 Å². The molecule has 1 rings (SSSR count). The van der Waals surface area contributed by atoms with Gasteiger partial charge in [0.05, 0.1) is 7.11 Å². The van der Waals surface area contributed by atoms with E-state index < -0.39 is 12.1 Å². The number of hydrogen-bond donors (Lipinski definition) is 3. The fraction of sp³-hybridized carbons (Fsp3) is 0.222. The SMILES string of the molecule is COc1ccc(C(O)C(=O)O)c(O)c1. The van der Waals surface area contributed by atoms with Crippen molar-refractivity contribution in [1.29, 1.82) is 0 Å². The minimum Gasteiger partial charge on any atom is -0.507 e. The fourth-order valence-electron chi connectivity index (χ4n) is 1.01. The van der Waals surface area contributed by atoms with Gasteiger partial charge in [-0.2, -0.15) is 0 Å². The van der Waals surface area contributed by atoms with Crippen LogP contribution in [0.2, 0.25) is 0 Å². The molecular weight excluding hydrogens is 188 g/mol. The minimum atomic E-state index is -1.72.